The molecule has 0 aromatic carbocycles. The Labute approximate surface area is 86.5 Å². The third-order valence-corrected chi connectivity index (χ3v) is 7.54. The molecule has 5 saturated carbocycles. The van der Waals surface area contributed by atoms with Crippen molar-refractivity contribution in [2.75, 3.05) is 0 Å². The minimum atomic E-state index is 0.875. The van der Waals surface area contributed by atoms with Crippen LogP contribution in [-0.4, -0.2) is 0 Å². The number of rotatable bonds is 1. The molecule has 0 amide bonds. The Hall–Kier alpha value is 0. The zero-order valence-electron chi connectivity index (χ0n) is 9.29. The predicted octanol–water partition coefficient (Wildman–Crippen LogP) is 3.32. The van der Waals surface area contributed by atoms with Crippen molar-refractivity contribution in [2.24, 2.45) is 46.3 Å². The Kier molecular flexibility index (Phi) is 0.845. The number of hydrogen-bond donors (Lipinski definition) is 0. The second-order valence-corrected chi connectivity index (χ2v) is 7.09. The molecule has 4 unspecified atom stereocenters. The highest BCUT2D eigenvalue weighted by molar-refractivity contribution is 5.43. The van der Waals surface area contributed by atoms with Crippen LogP contribution in [0.1, 0.15) is 39.5 Å². The highest BCUT2D eigenvalue weighted by Gasteiger charge is 2.96. The van der Waals surface area contributed by atoms with Crippen LogP contribution >= 0.6 is 0 Å². The van der Waals surface area contributed by atoms with Crippen molar-refractivity contribution in [1.29, 1.82) is 0 Å². The fraction of sp³-hybridized carbons (Fsp3) is 1.00. The van der Waals surface area contributed by atoms with Crippen LogP contribution in [0.15, 0.2) is 0 Å². The monoisotopic (exact) mass is 188 g/mol. The first-order chi connectivity index (χ1) is 6.78. The van der Waals surface area contributed by atoms with Gasteiger partial charge >= 0.3 is 0 Å². The maximum Gasteiger partial charge on any atom is -0.0198 e. The van der Waals surface area contributed by atoms with E-state index in [2.05, 4.69) is 13.8 Å². The SMILES string of the molecule is CCC1C2C3[C@H](C4[C@@H]5CCC[C@]345)[C@]12C. The zero-order valence-corrected chi connectivity index (χ0v) is 9.29. The van der Waals surface area contributed by atoms with Gasteiger partial charge in [0.15, 0.2) is 0 Å². The Balaban J connectivity index is 1.55. The van der Waals surface area contributed by atoms with Crippen LogP contribution < -0.4 is 0 Å². The van der Waals surface area contributed by atoms with Crippen molar-refractivity contribution < 1.29 is 0 Å². The molecule has 8 atom stereocenters. The summed E-state index contributed by atoms with van der Waals surface area (Å²) < 4.78 is 0. The van der Waals surface area contributed by atoms with Gasteiger partial charge in [-0.15, -0.1) is 0 Å². The standard InChI is InChI=1S/C14H20/c1-3-7-9-12-11(13(7,9)2)10-8-5-4-6-14(8,10)12/h7-12H,3-6H2,1-2H3/t7?,8-,9?,10?,11-,12?,13+,14+/m0/s1. The van der Waals surface area contributed by atoms with E-state index in [1.807, 2.05) is 0 Å². The van der Waals surface area contributed by atoms with Crippen molar-refractivity contribution in [1.82, 2.24) is 0 Å². The molecule has 1 spiro atoms. The average Bonchev–Trinajstić information content (AvgIpc) is 2.73. The molecule has 0 radical (unpaired) electrons. The third-order valence-electron chi connectivity index (χ3n) is 7.54. The van der Waals surface area contributed by atoms with E-state index in [0.717, 1.165) is 16.7 Å². The van der Waals surface area contributed by atoms with Crippen molar-refractivity contribution in [3.8, 4) is 0 Å². The van der Waals surface area contributed by atoms with E-state index < -0.39 is 0 Å². The lowest BCUT2D eigenvalue weighted by Gasteiger charge is -2.56. The minimum Gasteiger partial charge on any atom is -0.0651 e. The summed E-state index contributed by atoms with van der Waals surface area (Å²) in [7, 11) is 0. The maximum absolute atomic E-state index is 2.62. The fourth-order valence-electron chi connectivity index (χ4n) is 7.34. The molecule has 76 valence electrons. The summed E-state index contributed by atoms with van der Waals surface area (Å²) in [6, 6.07) is 0. The molecule has 0 aromatic heterocycles. The summed E-state index contributed by atoms with van der Waals surface area (Å²) in [6.45, 7) is 5.04. The lowest BCUT2D eigenvalue weighted by molar-refractivity contribution is -0.0988. The smallest absolute Gasteiger partial charge is 0.0198 e. The van der Waals surface area contributed by atoms with Gasteiger partial charge in [0.25, 0.3) is 0 Å². The van der Waals surface area contributed by atoms with Crippen LogP contribution in [0.25, 0.3) is 0 Å². The lowest BCUT2D eigenvalue weighted by atomic mass is 9.47. The molecule has 5 fully saturated rings. The Bertz CT molecular complexity index is 346. The first-order valence-corrected chi connectivity index (χ1v) is 6.78. The Morgan fingerprint density at radius 3 is 2.79 bits per heavy atom. The van der Waals surface area contributed by atoms with Gasteiger partial charge in [0, 0.05) is 0 Å². The summed E-state index contributed by atoms with van der Waals surface area (Å²) in [5.41, 5.74) is 1.86. The molecule has 0 saturated heterocycles. The van der Waals surface area contributed by atoms with Crippen LogP contribution in [0.3, 0.4) is 0 Å². The minimum absolute atomic E-state index is 0.875. The van der Waals surface area contributed by atoms with E-state index in [1.54, 1.807) is 19.3 Å². The van der Waals surface area contributed by atoms with Gasteiger partial charge in [-0.25, -0.2) is 0 Å². The van der Waals surface area contributed by atoms with Gasteiger partial charge in [0.1, 0.15) is 0 Å². The second kappa shape index (κ2) is 1.62. The zero-order chi connectivity index (χ0) is 9.29. The first kappa shape index (κ1) is 7.30. The molecule has 0 N–H and O–H groups in total. The van der Waals surface area contributed by atoms with Gasteiger partial charge in [0.2, 0.25) is 0 Å². The molecule has 0 heterocycles. The Morgan fingerprint density at radius 1 is 1.14 bits per heavy atom. The van der Waals surface area contributed by atoms with Gasteiger partial charge < -0.3 is 0 Å². The van der Waals surface area contributed by atoms with Crippen LogP contribution in [0.4, 0.5) is 0 Å². The lowest BCUT2D eigenvalue weighted by Crippen LogP contribution is -2.53. The van der Waals surface area contributed by atoms with E-state index in [9.17, 15) is 0 Å². The van der Waals surface area contributed by atoms with Crippen molar-refractivity contribution in [2.45, 2.75) is 39.5 Å². The van der Waals surface area contributed by atoms with Crippen molar-refractivity contribution in [3.63, 3.8) is 0 Å². The van der Waals surface area contributed by atoms with Crippen LogP contribution in [0.2, 0.25) is 0 Å². The molecule has 0 aliphatic heterocycles. The van der Waals surface area contributed by atoms with Gasteiger partial charge in [-0.05, 0) is 59.2 Å². The van der Waals surface area contributed by atoms with E-state index in [0.29, 0.717) is 0 Å². The quantitative estimate of drug-likeness (QED) is 0.592. The van der Waals surface area contributed by atoms with Gasteiger partial charge in [-0.1, -0.05) is 26.7 Å². The van der Waals surface area contributed by atoms with Crippen molar-refractivity contribution >= 4 is 0 Å². The van der Waals surface area contributed by atoms with E-state index in [4.69, 9.17) is 0 Å². The topological polar surface area (TPSA) is 0 Å². The van der Waals surface area contributed by atoms with E-state index in [1.165, 1.54) is 36.0 Å². The first-order valence-electron chi connectivity index (χ1n) is 6.78. The number of hydrogen-bond acceptors (Lipinski definition) is 0. The summed E-state index contributed by atoms with van der Waals surface area (Å²) in [5.74, 6) is 7.31. The van der Waals surface area contributed by atoms with Gasteiger partial charge in [0.05, 0.1) is 0 Å². The molecule has 0 bridgehead atoms. The normalized spacial score (nSPS) is 80.1. The average molecular weight is 188 g/mol. The fourth-order valence-corrected chi connectivity index (χ4v) is 7.34. The molecule has 14 heavy (non-hydrogen) atoms. The van der Waals surface area contributed by atoms with Crippen LogP contribution in [-0.2, 0) is 0 Å². The third kappa shape index (κ3) is 0.390. The highest BCUT2D eigenvalue weighted by Crippen LogP contribution is 3.00. The summed E-state index contributed by atoms with van der Waals surface area (Å²) >= 11 is 0. The van der Waals surface area contributed by atoms with Gasteiger partial charge in [-0.3, -0.25) is 0 Å². The van der Waals surface area contributed by atoms with Crippen LogP contribution in [0.5, 0.6) is 0 Å². The van der Waals surface area contributed by atoms with E-state index >= 15 is 0 Å². The maximum atomic E-state index is 2.62. The molecule has 0 heteroatoms. The van der Waals surface area contributed by atoms with Crippen molar-refractivity contribution in [3.05, 3.63) is 0 Å². The molecule has 0 aromatic rings. The highest BCUT2D eigenvalue weighted by atomic mass is 15.0. The molecule has 5 rings (SSSR count). The summed E-state index contributed by atoms with van der Waals surface area (Å²) in [5, 5.41) is 0. The molecular formula is C14H20. The Morgan fingerprint density at radius 2 is 2.00 bits per heavy atom. The summed E-state index contributed by atoms with van der Waals surface area (Å²) in [4.78, 5) is 0. The largest absolute Gasteiger partial charge is 0.0651 e. The molecule has 0 nitrogen and oxygen atoms in total. The van der Waals surface area contributed by atoms with E-state index in [-0.39, 0.29) is 0 Å². The molecule has 5 aliphatic rings. The molecular weight excluding hydrogens is 168 g/mol. The molecule has 5 aliphatic carbocycles. The predicted molar refractivity (Wildman–Crippen MR) is 55.6 cm³/mol. The van der Waals surface area contributed by atoms with Crippen LogP contribution in [0, 0.1) is 46.3 Å². The number of fused-ring (bicyclic) bond motifs is 6. The van der Waals surface area contributed by atoms with Gasteiger partial charge in [-0.2, -0.15) is 0 Å². The second-order valence-electron chi connectivity index (χ2n) is 7.09. The summed E-state index contributed by atoms with van der Waals surface area (Å²) in [6.07, 6.45) is 6.29.